The van der Waals surface area contributed by atoms with Crippen molar-refractivity contribution in [1.29, 1.82) is 0 Å². The van der Waals surface area contributed by atoms with Gasteiger partial charge in [0.2, 0.25) is 5.82 Å². The average Bonchev–Trinajstić information content (AvgIpc) is 2.88. The lowest BCUT2D eigenvalue weighted by Gasteiger charge is -2.05. The molecule has 0 amide bonds. The average molecular weight is 263 g/mol. The first-order valence-corrected chi connectivity index (χ1v) is 6.04. The second kappa shape index (κ2) is 5.71. The quantitative estimate of drug-likeness (QED) is 0.834. The molecule has 1 unspecified atom stereocenters. The third-order valence-electron chi connectivity index (χ3n) is 2.70. The van der Waals surface area contributed by atoms with Gasteiger partial charge in [0.05, 0.1) is 12.8 Å². The Morgan fingerprint density at radius 3 is 2.84 bits per heavy atom. The van der Waals surface area contributed by atoms with Gasteiger partial charge in [-0.05, 0) is 32.0 Å². The number of nitrogens with zero attached hydrogens (tertiary/aromatic N) is 2. The number of ether oxygens (including phenoxy) is 2. The molecule has 0 aliphatic carbocycles. The van der Waals surface area contributed by atoms with E-state index in [0.717, 1.165) is 5.56 Å². The number of hydrogen-bond donors (Lipinski definition) is 1. The molecule has 0 spiro atoms. The Hall–Kier alpha value is -2.08. The van der Waals surface area contributed by atoms with Gasteiger partial charge in [-0.1, -0.05) is 5.16 Å². The summed E-state index contributed by atoms with van der Waals surface area (Å²) >= 11 is 0. The molecule has 1 atom stereocenters. The fourth-order valence-corrected chi connectivity index (χ4v) is 1.71. The monoisotopic (exact) mass is 263 g/mol. The Balaban J connectivity index is 2.25. The first-order chi connectivity index (χ1) is 9.15. The highest BCUT2D eigenvalue weighted by atomic mass is 16.5. The molecule has 6 heteroatoms. The molecule has 0 aliphatic rings. The van der Waals surface area contributed by atoms with Crippen molar-refractivity contribution in [3.8, 4) is 17.2 Å². The van der Waals surface area contributed by atoms with Gasteiger partial charge in [0.15, 0.2) is 0 Å². The largest absolute Gasteiger partial charge is 0.495 e. The van der Waals surface area contributed by atoms with Crippen molar-refractivity contribution >= 4 is 5.69 Å². The Kier molecular flexibility index (Phi) is 4.01. The molecule has 0 aliphatic heterocycles. The van der Waals surface area contributed by atoms with Gasteiger partial charge < -0.3 is 19.7 Å². The zero-order valence-corrected chi connectivity index (χ0v) is 11.2. The van der Waals surface area contributed by atoms with Crippen molar-refractivity contribution in [3.63, 3.8) is 0 Å². The predicted octanol–water partition coefficient (Wildman–Crippen LogP) is 2.42. The van der Waals surface area contributed by atoms with Crippen LogP contribution in [0.3, 0.4) is 0 Å². The third kappa shape index (κ3) is 2.85. The van der Waals surface area contributed by atoms with E-state index in [9.17, 15) is 0 Å². The second-order valence-corrected chi connectivity index (χ2v) is 4.01. The maximum absolute atomic E-state index is 5.84. The van der Waals surface area contributed by atoms with E-state index in [-0.39, 0.29) is 6.10 Å². The lowest BCUT2D eigenvalue weighted by atomic mass is 10.2. The maximum atomic E-state index is 5.84. The molecule has 1 aromatic carbocycles. The number of rotatable bonds is 5. The predicted molar refractivity (Wildman–Crippen MR) is 70.7 cm³/mol. The summed E-state index contributed by atoms with van der Waals surface area (Å²) < 4.78 is 15.7. The van der Waals surface area contributed by atoms with E-state index in [4.69, 9.17) is 19.7 Å². The van der Waals surface area contributed by atoms with Crippen LogP contribution in [0.2, 0.25) is 0 Å². The van der Waals surface area contributed by atoms with Crippen molar-refractivity contribution in [1.82, 2.24) is 10.1 Å². The van der Waals surface area contributed by atoms with Gasteiger partial charge in [-0.3, -0.25) is 0 Å². The van der Waals surface area contributed by atoms with Crippen LogP contribution in [0.5, 0.6) is 5.75 Å². The lowest BCUT2D eigenvalue weighted by molar-refractivity contribution is 0.0683. The van der Waals surface area contributed by atoms with Crippen LogP contribution < -0.4 is 10.5 Å². The van der Waals surface area contributed by atoms with E-state index in [0.29, 0.717) is 29.8 Å². The zero-order valence-electron chi connectivity index (χ0n) is 11.2. The standard InChI is InChI=1S/C13H17N3O3/c1-4-18-8(2)12-15-13(19-16-12)9-5-6-11(17-3)10(14)7-9/h5-8H,4,14H2,1-3H3. The van der Waals surface area contributed by atoms with Gasteiger partial charge in [0.1, 0.15) is 11.9 Å². The maximum Gasteiger partial charge on any atom is 0.258 e. The van der Waals surface area contributed by atoms with Crippen LogP contribution in [0.1, 0.15) is 25.8 Å². The molecule has 102 valence electrons. The van der Waals surface area contributed by atoms with E-state index in [1.807, 2.05) is 19.9 Å². The second-order valence-electron chi connectivity index (χ2n) is 4.01. The highest BCUT2D eigenvalue weighted by molar-refractivity contribution is 5.65. The summed E-state index contributed by atoms with van der Waals surface area (Å²) in [5.74, 6) is 1.55. The van der Waals surface area contributed by atoms with Gasteiger partial charge >= 0.3 is 0 Å². The van der Waals surface area contributed by atoms with E-state index in [1.165, 1.54) is 0 Å². The Morgan fingerprint density at radius 1 is 1.42 bits per heavy atom. The van der Waals surface area contributed by atoms with Crippen LogP contribution >= 0.6 is 0 Å². The molecular formula is C13H17N3O3. The summed E-state index contributed by atoms with van der Waals surface area (Å²) in [5, 5.41) is 3.90. The van der Waals surface area contributed by atoms with Crippen molar-refractivity contribution in [2.24, 2.45) is 0 Å². The van der Waals surface area contributed by atoms with E-state index < -0.39 is 0 Å². The first-order valence-electron chi connectivity index (χ1n) is 6.04. The van der Waals surface area contributed by atoms with Crippen LogP contribution in [0.4, 0.5) is 5.69 Å². The highest BCUT2D eigenvalue weighted by Crippen LogP contribution is 2.28. The highest BCUT2D eigenvalue weighted by Gasteiger charge is 2.15. The topological polar surface area (TPSA) is 83.4 Å². The van der Waals surface area contributed by atoms with Crippen LogP contribution in [-0.4, -0.2) is 23.9 Å². The fourth-order valence-electron chi connectivity index (χ4n) is 1.71. The van der Waals surface area contributed by atoms with Crippen LogP contribution in [0.25, 0.3) is 11.5 Å². The molecule has 1 heterocycles. The van der Waals surface area contributed by atoms with Gasteiger partial charge in [-0.15, -0.1) is 0 Å². The molecule has 0 saturated heterocycles. The van der Waals surface area contributed by atoms with E-state index in [2.05, 4.69) is 10.1 Å². The molecule has 0 fully saturated rings. The molecular weight excluding hydrogens is 246 g/mol. The van der Waals surface area contributed by atoms with Gasteiger partial charge in [-0.25, -0.2) is 0 Å². The van der Waals surface area contributed by atoms with Gasteiger partial charge in [0, 0.05) is 12.2 Å². The zero-order chi connectivity index (χ0) is 13.8. The molecule has 0 bridgehead atoms. The van der Waals surface area contributed by atoms with Crippen LogP contribution in [0.15, 0.2) is 22.7 Å². The first kappa shape index (κ1) is 13.4. The van der Waals surface area contributed by atoms with Crippen molar-refractivity contribution < 1.29 is 14.0 Å². The summed E-state index contributed by atoms with van der Waals surface area (Å²) in [5.41, 5.74) is 7.12. The minimum atomic E-state index is -0.196. The normalized spacial score (nSPS) is 12.4. The summed E-state index contributed by atoms with van der Waals surface area (Å²) in [4.78, 5) is 4.30. The Labute approximate surface area is 111 Å². The van der Waals surface area contributed by atoms with Crippen LogP contribution in [-0.2, 0) is 4.74 Å². The summed E-state index contributed by atoms with van der Waals surface area (Å²) in [6, 6.07) is 5.32. The van der Waals surface area contributed by atoms with Gasteiger partial charge in [-0.2, -0.15) is 4.98 Å². The number of hydrogen-bond acceptors (Lipinski definition) is 6. The molecule has 2 N–H and O–H groups in total. The van der Waals surface area contributed by atoms with Crippen LogP contribution in [0, 0.1) is 0 Å². The molecule has 19 heavy (non-hydrogen) atoms. The molecule has 2 rings (SSSR count). The number of aromatic nitrogens is 2. The Bertz CT molecular complexity index is 554. The Morgan fingerprint density at radius 2 is 2.21 bits per heavy atom. The number of benzene rings is 1. The third-order valence-corrected chi connectivity index (χ3v) is 2.70. The minimum absolute atomic E-state index is 0.196. The molecule has 2 aromatic rings. The van der Waals surface area contributed by atoms with Crippen molar-refractivity contribution in [3.05, 3.63) is 24.0 Å². The number of methoxy groups -OCH3 is 1. The molecule has 6 nitrogen and oxygen atoms in total. The number of nitrogens with two attached hydrogens (primary N) is 1. The summed E-state index contributed by atoms with van der Waals surface area (Å²) in [6.07, 6.45) is -0.196. The van der Waals surface area contributed by atoms with Gasteiger partial charge in [0.25, 0.3) is 5.89 Å². The van der Waals surface area contributed by atoms with E-state index >= 15 is 0 Å². The summed E-state index contributed by atoms with van der Waals surface area (Å²) in [6.45, 7) is 4.39. The molecule has 0 radical (unpaired) electrons. The fraction of sp³-hybridized carbons (Fsp3) is 0.385. The minimum Gasteiger partial charge on any atom is -0.495 e. The van der Waals surface area contributed by atoms with Crippen molar-refractivity contribution in [2.75, 3.05) is 19.5 Å². The molecule has 0 saturated carbocycles. The molecule has 1 aromatic heterocycles. The number of nitrogen functional groups attached to an aromatic ring is 1. The smallest absolute Gasteiger partial charge is 0.258 e. The van der Waals surface area contributed by atoms with E-state index in [1.54, 1.807) is 19.2 Å². The summed E-state index contributed by atoms with van der Waals surface area (Å²) in [7, 11) is 1.57. The van der Waals surface area contributed by atoms with Crippen molar-refractivity contribution in [2.45, 2.75) is 20.0 Å². The number of anilines is 1. The SMILES string of the molecule is CCOC(C)c1noc(-c2ccc(OC)c(N)c2)n1. The lowest BCUT2D eigenvalue weighted by Crippen LogP contribution is -2.01.